The van der Waals surface area contributed by atoms with E-state index in [2.05, 4.69) is 14.9 Å². The topological polar surface area (TPSA) is 75.5 Å². The molecule has 0 amide bonds. The number of carboxylic acids is 1. The Kier molecular flexibility index (Phi) is 4.64. The Labute approximate surface area is 141 Å². The highest BCUT2D eigenvalue weighted by atomic mass is 16.5. The molecule has 1 aromatic heterocycles. The van der Waals surface area contributed by atoms with Crippen molar-refractivity contribution in [1.29, 1.82) is 0 Å². The van der Waals surface area contributed by atoms with E-state index in [9.17, 15) is 9.90 Å². The number of benzene rings is 1. The summed E-state index contributed by atoms with van der Waals surface area (Å²) in [5.41, 5.74) is 2.25. The zero-order valence-corrected chi connectivity index (χ0v) is 13.9. The molecule has 1 aliphatic rings. The van der Waals surface area contributed by atoms with E-state index in [-0.39, 0.29) is 5.92 Å². The second-order valence-electron chi connectivity index (χ2n) is 6.07. The molecule has 1 aliphatic heterocycles. The van der Waals surface area contributed by atoms with E-state index in [0.717, 1.165) is 37.2 Å². The first-order valence-electron chi connectivity index (χ1n) is 8.04. The Morgan fingerprint density at radius 3 is 2.92 bits per heavy atom. The van der Waals surface area contributed by atoms with Gasteiger partial charge in [0.2, 0.25) is 11.8 Å². The third-order valence-corrected chi connectivity index (χ3v) is 4.34. The molecule has 0 aliphatic carbocycles. The van der Waals surface area contributed by atoms with Crippen molar-refractivity contribution in [3.05, 3.63) is 47.2 Å². The SMILES string of the molecule is COc1cc(C)nc(N2CCCC(c3cccc(C(=O)O)c3)C2)n1. The molecular formula is C18H21N3O3. The Morgan fingerprint density at radius 2 is 2.17 bits per heavy atom. The summed E-state index contributed by atoms with van der Waals surface area (Å²) < 4.78 is 5.24. The van der Waals surface area contributed by atoms with Crippen LogP contribution >= 0.6 is 0 Å². The number of carbonyl (C=O) groups is 1. The summed E-state index contributed by atoms with van der Waals surface area (Å²) in [6.45, 7) is 3.59. The van der Waals surface area contributed by atoms with Gasteiger partial charge in [0, 0.05) is 30.8 Å². The standard InChI is InChI=1S/C18H21N3O3/c1-12-9-16(24-2)20-18(19-12)21-8-4-7-15(11-21)13-5-3-6-14(10-13)17(22)23/h3,5-6,9-10,15H,4,7-8,11H2,1-2H3,(H,22,23). The monoisotopic (exact) mass is 327 g/mol. The van der Waals surface area contributed by atoms with Crippen LogP contribution < -0.4 is 9.64 Å². The van der Waals surface area contributed by atoms with E-state index in [4.69, 9.17) is 4.74 Å². The van der Waals surface area contributed by atoms with Crippen LogP contribution in [0.4, 0.5) is 5.95 Å². The number of aromatic nitrogens is 2. The van der Waals surface area contributed by atoms with Crippen molar-refractivity contribution in [2.75, 3.05) is 25.1 Å². The van der Waals surface area contributed by atoms with Crippen molar-refractivity contribution in [3.63, 3.8) is 0 Å². The fourth-order valence-corrected chi connectivity index (χ4v) is 3.13. The number of anilines is 1. The molecule has 1 N–H and O–H groups in total. The van der Waals surface area contributed by atoms with Gasteiger partial charge in [0.25, 0.3) is 0 Å². The zero-order chi connectivity index (χ0) is 17.1. The molecule has 2 aromatic rings. The summed E-state index contributed by atoms with van der Waals surface area (Å²) in [6.07, 6.45) is 2.05. The lowest BCUT2D eigenvalue weighted by molar-refractivity contribution is 0.0696. The van der Waals surface area contributed by atoms with Crippen LogP contribution in [0.15, 0.2) is 30.3 Å². The van der Waals surface area contributed by atoms with Gasteiger partial charge in [-0.1, -0.05) is 12.1 Å². The quantitative estimate of drug-likeness (QED) is 0.930. The third kappa shape index (κ3) is 3.48. The lowest BCUT2D eigenvalue weighted by atomic mass is 9.90. The molecule has 2 heterocycles. The summed E-state index contributed by atoms with van der Waals surface area (Å²) in [4.78, 5) is 22.3. The summed E-state index contributed by atoms with van der Waals surface area (Å²) in [6, 6.07) is 9.01. The first-order chi connectivity index (χ1) is 11.6. The molecule has 0 radical (unpaired) electrons. The summed E-state index contributed by atoms with van der Waals surface area (Å²) in [7, 11) is 1.60. The number of methoxy groups -OCH3 is 1. The molecule has 0 bridgehead atoms. The van der Waals surface area contributed by atoms with Crippen LogP contribution in [0.1, 0.15) is 40.4 Å². The van der Waals surface area contributed by atoms with Crippen molar-refractivity contribution >= 4 is 11.9 Å². The summed E-state index contributed by atoms with van der Waals surface area (Å²) in [5.74, 6) is 0.614. The van der Waals surface area contributed by atoms with Gasteiger partial charge in [0.05, 0.1) is 12.7 Å². The van der Waals surface area contributed by atoms with Gasteiger partial charge in [0.1, 0.15) is 0 Å². The van der Waals surface area contributed by atoms with Crippen LogP contribution in [0, 0.1) is 6.92 Å². The maximum Gasteiger partial charge on any atom is 0.335 e. The number of aromatic carboxylic acids is 1. The Bertz CT molecular complexity index is 748. The second-order valence-corrected chi connectivity index (χ2v) is 6.07. The molecule has 1 atom stereocenters. The molecule has 6 heteroatoms. The average Bonchev–Trinajstić information content (AvgIpc) is 2.61. The van der Waals surface area contributed by atoms with Crippen LogP contribution in [0.3, 0.4) is 0 Å². The minimum atomic E-state index is -0.892. The molecule has 1 saturated heterocycles. The van der Waals surface area contributed by atoms with Gasteiger partial charge >= 0.3 is 5.97 Å². The molecule has 6 nitrogen and oxygen atoms in total. The van der Waals surface area contributed by atoms with E-state index in [1.165, 1.54) is 0 Å². The summed E-state index contributed by atoms with van der Waals surface area (Å²) in [5, 5.41) is 9.18. The molecular weight excluding hydrogens is 306 g/mol. The van der Waals surface area contributed by atoms with E-state index >= 15 is 0 Å². The van der Waals surface area contributed by atoms with Gasteiger partial charge in [-0.15, -0.1) is 0 Å². The highest BCUT2D eigenvalue weighted by Gasteiger charge is 2.24. The van der Waals surface area contributed by atoms with E-state index in [1.54, 1.807) is 25.3 Å². The summed E-state index contributed by atoms with van der Waals surface area (Å²) >= 11 is 0. The molecule has 0 spiro atoms. The van der Waals surface area contributed by atoms with Gasteiger partial charge in [-0.05, 0) is 37.5 Å². The van der Waals surface area contributed by atoms with Gasteiger partial charge in [-0.3, -0.25) is 0 Å². The fourth-order valence-electron chi connectivity index (χ4n) is 3.13. The number of aryl methyl sites for hydroxylation is 1. The first kappa shape index (κ1) is 16.2. The number of rotatable bonds is 4. The van der Waals surface area contributed by atoms with Gasteiger partial charge < -0.3 is 14.7 Å². The molecule has 24 heavy (non-hydrogen) atoms. The Balaban J connectivity index is 1.83. The van der Waals surface area contributed by atoms with Gasteiger partial charge in [-0.25, -0.2) is 9.78 Å². The number of nitrogens with zero attached hydrogens (tertiary/aromatic N) is 3. The Morgan fingerprint density at radius 1 is 1.33 bits per heavy atom. The number of piperidine rings is 1. The molecule has 1 aromatic carbocycles. The molecule has 1 unspecified atom stereocenters. The molecule has 126 valence electrons. The number of carboxylic acid groups (broad SMARTS) is 1. The van der Waals surface area contributed by atoms with Crippen molar-refractivity contribution in [2.45, 2.75) is 25.7 Å². The van der Waals surface area contributed by atoms with E-state index in [0.29, 0.717) is 17.4 Å². The lowest BCUT2D eigenvalue weighted by Crippen LogP contribution is -2.35. The van der Waals surface area contributed by atoms with Crippen molar-refractivity contribution in [1.82, 2.24) is 9.97 Å². The molecule has 3 rings (SSSR count). The molecule has 0 saturated carbocycles. The van der Waals surface area contributed by atoms with E-state index in [1.807, 2.05) is 19.1 Å². The molecule has 1 fully saturated rings. The number of hydrogen-bond acceptors (Lipinski definition) is 5. The smallest absolute Gasteiger partial charge is 0.335 e. The number of hydrogen-bond donors (Lipinski definition) is 1. The minimum Gasteiger partial charge on any atom is -0.481 e. The second kappa shape index (κ2) is 6.86. The highest BCUT2D eigenvalue weighted by molar-refractivity contribution is 5.87. The van der Waals surface area contributed by atoms with Gasteiger partial charge in [-0.2, -0.15) is 4.98 Å². The maximum absolute atomic E-state index is 11.2. The van der Waals surface area contributed by atoms with Crippen LogP contribution in [-0.2, 0) is 0 Å². The third-order valence-electron chi connectivity index (χ3n) is 4.34. The largest absolute Gasteiger partial charge is 0.481 e. The first-order valence-corrected chi connectivity index (χ1v) is 8.04. The fraction of sp³-hybridized carbons (Fsp3) is 0.389. The van der Waals surface area contributed by atoms with Gasteiger partial charge in [0.15, 0.2) is 0 Å². The number of ether oxygens (including phenoxy) is 1. The maximum atomic E-state index is 11.2. The Hall–Kier alpha value is -2.63. The normalized spacial score (nSPS) is 17.6. The minimum absolute atomic E-state index is 0.271. The van der Waals surface area contributed by atoms with Crippen molar-refractivity contribution < 1.29 is 14.6 Å². The zero-order valence-electron chi connectivity index (χ0n) is 13.9. The predicted molar refractivity (Wildman–Crippen MR) is 90.9 cm³/mol. The van der Waals surface area contributed by atoms with Crippen LogP contribution in [0.2, 0.25) is 0 Å². The van der Waals surface area contributed by atoms with E-state index < -0.39 is 5.97 Å². The van der Waals surface area contributed by atoms with Crippen LogP contribution in [-0.4, -0.2) is 41.2 Å². The average molecular weight is 327 g/mol. The van der Waals surface area contributed by atoms with Crippen LogP contribution in [0.25, 0.3) is 0 Å². The lowest BCUT2D eigenvalue weighted by Gasteiger charge is -2.33. The van der Waals surface area contributed by atoms with Crippen molar-refractivity contribution in [2.24, 2.45) is 0 Å². The predicted octanol–water partition coefficient (Wildman–Crippen LogP) is 2.88. The highest BCUT2D eigenvalue weighted by Crippen LogP contribution is 2.29. The van der Waals surface area contributed by atoms with Crippen LogP contribution in [0.5, 0.6) is 5.88 Å². The van der Waals surface area contributed by atoms with Crippen molar-refractivity contribution in [3.8, 4) is 5.88 Å².